The Morgan fingerprint density at radius 2 is 2.30 bits per heavy atom. The van der Waals surface area contributed by atoms with Crippen molar-refractivity contribution in [3.05, 3.63) is 0 Å². The van der Waals surface area contributed by atoms with Crippen molar-refractivity contribution < 1.29 is 9.90 Å². The third kappa shape index (κ3) is 1.31. The van der Waals surface area contributed by atoms with E-state index in [-0.39, 0.29) is 5.92 Å². The third-order valence-corrected chi connectivity index (χ3v) is 2.39. The molecule has 1 fully saturated rings. The predicted octanol–water partition coefficient (Wildman–Crippen LogP) is 1.90. The maximum absolute atomic E-state index is 10.5. The first-order valence-corrected chi connectivity index (χ1v) is 3.98. The van der Waals surface area contributed by atoms with Gasteiger partial charge in [0.25, 0.3) is 0 Å². The molecule has 1 saturated carbocycles. The molecule has 1 aliphatic carbocycles. The van der Waals surface area contributed by atoms with Crippen LogP contribution in [0.2, 0.25) is 0 Å². The summed E-state index contributed by atoms with van der Waals surface area (Å²) in [6.45, 7) is 2.11. The standard InChI is InChI=1S/C8H14O2/c1-2-3-6-4-5-7(6)8(9)10/h6-7H,2-5H2,1H3,(H,9,10). The Morgan fingerprint density at radius 1 is 1.60 bits per heavy atom. The van der Waals surface area contributed by atoms with Crippen LogP contribution in [-0.2, 0) is 4.79 Å². The van der Waals surface area contributed by atoms with E-state index >= 15 is 0 Å². The zero-order chi connectivity index (χ0) is 7.56. The molecular formula is C8H14O2. The van der Waals surface area contributed by atoms with Crippen LogP contribution in [0.5, 0.6) is 0 Å². The van der Waals surface area contributed by atoms with Crippen molar-refractivity contribution in [2.24, 2.45) is 11.8 Å². The van der Waals surface area contributed by atoms with E-state index in [0.717, 1.165) is 25.7 Å². The second-order valence-corrected chi connectivity index (χ2v) is 3.07. The highest BCUT2D eigenvalue weighted by Gasteiger charge is 2.35. The van der Waals surface area contributed by atoms with Crippen LogP contribution in [0.15, 0.2) is 0 Å². The molecule has 1 N–H and O–H groups in total. The van der Waals surface area contributed by atoms with Crippen LogP contribution in [-0.4, -0.2) is 11.1 Å². The van der Waals surface area contributed by atoms with Gasteiger partial charge < -0.3 is 5.11 Å². The fourth-order valence-electron chi connectivity index (χ4n) is 1.61. The largest absolute Gasteiger partial charge is 0.481 e. The van der Waals surface area contributed by atoms with Gasteiger partial charge in [-0.3, -0.25) is 4.79 Å². The van der Waals surface area contributed by atoms with Gasteiger partial charge in [-0.2, -0.15) is 0 Å². The Kier molecular flexibility index (Phi) is 2.30. The van der Waals surface area contributed by atoms with Gasteiger partial charge in [0.2, 0.25) is 0 Å². The van der Waals surface area contributed by atoms with Crippen LogP contribution < -0.4 is 0 Å². The second kappa shape index (κ2) is 3.04. The Labute approximate surface area is 61.2 Å². The molecule has 2 unspecified atom stereocenters. The van der Waals surface area contributed by atoms with Crippen molar-refractivity contribution in [3.8, 4) is 0 Å². The van der Waals surface area contributed by atoms with Crippen LogP contribution in [0.1, 0.15) is 32.6 Å². The van der Waals surface area contributed by atoms with Crippen molar-refractivity contribution >= 4 is 5.97 Å². The second-order valence-electron chi connectivity index (χ2n) is 3.07. The van der Waals surface area contributed by atoms with E-state index < -0.39 is 5.97 Å². The van der Waals surface area contributed by atoms with Gasteiger partial charge in [0, 0.05) is 0 Å². The summed E-state index contributed by atoms with van der Waals surface area (Å²) in [6, 6.07) is 0. The van der Waals surface area contributed by atoms with Gasteiger partial charge in [0.05, 0.1) is 5.92 Å². The summed E-state index contributed by atoms with van der Waals surface area (Å²) >= 11 is 0. The summed E-state index contributed by atoms with van der Waals surface area (Å²) in [4.78, 5) is 10.5. The lowest BCUT2D eigenvalue weighted by molar-refractivity contribution is -0.147. The molecule has 0 spiro atoms. The van der Waals surface area contributed by atoms with E-state index in [2.05, 4.69) is 6.92 Å². The van der Waals surface area contributed by atoms with E-state index in [1.165, 1.54) is 0 Å². The predicted molar refractivity (Wildman–Crippen MR) is 38.8 cm³/mol. The van der Waals surface area contributed by atoms with E-state index in [0.29, 0.717) is 5.92 Å². The molecule has 0 amide bonds. The Hall–Kier alpha value is -0.530. The molecule has 0 aliphatic heterocycles. The molecule has 0 aromatic heterocycles. The summed E-state index contributed by atoms with van der Waals surface area (Å²) in [6.07, 6.45) is 4.25. The first-order valence-electron chi connectivity index (χ1n) is 3.98. The molecule has 1 rings (SSSR count). The minimum Gasteiger partial charge on any atom is -0.481 e. The summed E-state index contributed by atoms with van der Waals surface area (Å²) < 4.78 is 0. The van der Waals surface area contributed by atoms with Crippen molar-refractivity contribution in [1.82, 2.24) is 0 Å². The van der Waals surface area contributed by atoms with Gasteiger partial charge in [0.15, 0.2) is 0 Å². The topological polar surface area (TPSA) is 37.3 Å². The number of hydrogen-bond donors (Lipinski definition) is 1. The van der Waals surface area contributed by atoms with Crippen molar-refractivity contribution in [1.29, 1.82) is 0 Å². The van der Waals surface area contributed by atoms with Gasteiger partial charge in [-0.05, 0) is 25.2 Å². The number of carboxylic acids is 1. The normalized spacial score (nSPS) is 31.3. The van der Waals surface area contributed by atoms with Crippen LogP contribution in [0.3, 0.4) is 0 Å². The fourth-order valence-corrected chi connectivity index (χ4v) is 1.61. The van der Waals surface area contributed by atoms with Crippen LogP contribution in [0.4, 0.5) is 0 Å². The van der Waals surface area contributed by atoms with E-state index in [1.807, 2.05) is 0 Å². The molecule has 0 saturated heterocycles. The molecule has 2 heteroatoms. The summed E-state index contributed by atoms with van der Waals surface area (Å²) in [5.74, 6) is -0.118. The average Bonchev–Trinajstić information content (AvgIpc) is 1.78. The highest BCUT2D eigenvalue weighted by molar-refractivity contribution is 5.71. The van der Waals surface area contributed by atoms with E-state index in [4.69, 9.17) is 5.11 Å². The van der Waals surface area contributed by atoms with Crippen LogP contribution >= 0.6 is 0 Å². The lowest BCUT2D eigenvalue weighted by Gasteiger charge is -2.32. The molecule has 2 nitrogen and oxygen atoms in total. The number of rotatable bonds is 3. The molecule has 2 atom stereocenters. The van der Waals surface area contributed by atoms with E-state index in [9.17, 15) is 4.79 Å². The molecular weight excluding hydrogens is 128 g/mol. The molecule has 0 bridgehead atoms. The van der Waals surface area contributed by atoms with Gasteiger partial charge >= 0.3 is 5.97 Å². The molecule has 58 valence electrons. The fraction of sp³-hybridized carbons (Fsp3) is 0.875. The smallest absolute Gasteiger partial charge is 0.306 e. The number of carboxylic acid groups (broad SMARTS) is 1. The number of hydrogen-bond acceptors (Lipinski definition) is 1. The molecule has 10 heavy (non-hydrogen) atoms. The first-order chi connectivity index (χ1) is 4.75. The summed E-state index contributed by atoms with van der Waals surface area (Å²) in [7, 11) is 0. The van der Waals surface area contributed by atoms with Gasteiger partial charge in [-0.15, -0.1) is 0 Å². The van der Waals surface area contributed by atoms with Gasteiger partial charge in [-0.25, -0.2) is 0 Å². The van der Waals surface area contributed by atoms with Crippen LogP contribution in [0.25, 0.3) is 0 Å². The minimum absolute atomic E-state index is 0.0139. The monoisotopic (exact) mass is 142 g/mol. The van der Waals surface area contributed by atoms with Gasteiger partial charge in [0.1, 0.15) is 0 Å². The first kappa shape index (κ1) is 7.58. The zero-order valence-corrected chi connectivity index (χ0v) is 6.34. The van der Waals surface area contributed by atoms with Crippen molar-refractivity contribution in [2.45, 2.75) is 32.6 Å². The minimum atomic E-state index is -0.593. The van der Waals surface area contributed by atoms with E-state index in [1.54, 1.807) is 0 Å². The zero-order valence-electron chi connectivity index (χ0n) is 6.34. The maximum Gasteiger partial charge on any atom is 0.306 e. The quantitative estimate of drug-likeness (QED) is 0.653. The van der Waals surface area contributed by atoms with Crippen LogP contribution in [0, 0.1) is 11.8 Å². The molecule has 1 aliphatic rings. The third-order valence-electron chi connectivity index (χ3n) is 2.39. The average molecular weight is 142 g/mol. The molecule has 0 aromatic rings. The SMILES string of the molecule is CCCC1CCC1C(=O)O. The molecule has 0 aromatic carbocycles. The molecule has 0 heterocycles. The highest BCUT2D eigenvalue weighted by Crippen LogP contribution is 2.37. The maximum atomic E-state index is 10.5. The highest BCUT2D eigenvalue weighted by atomic mass is 16.4. The number of aliphatic carboxylic acids is 1. The van der Waals surface area contributed by atoms with Crippen molar-refractivity contribution in [2.75, 3.05) is 0 Å². The Bertz CT molecular complexity index is 131. The lowest BCUT2D eigenvalue weighted by atomic mass is 9.71. The van der Waals surface area contributed by atoms with Crippen molar-refractivity contribution in [3.63, 3.8) is 0 Å². The Balaban J connectivity index is 2.28. The molecule has 0 radical (unpaired) electrons. The summed E-state index contributed by atoms with van der Waals surface area (Å²) in [5, 5.41) is 8.63. The van der Waals surface area contributed by atoms with Gasteiger partial charge in [-0.1, -0.05) is 13.3 Å². The Morgan fingerprint density at radius 3 is 2.60 bits per heavy atom. The summed E-state index contributed by atoms with van der Waals surface area (Å²) in [5.41, 5.74) is 0. The lowest BCUT2D eigenvalue weighted by Crippen LogP contribution is -2.32. The number of carbonyl (C=O) groups is 1.